The minimum atomic E-state index is -0.562. The second-order valence-electron chi connectivity index (χ2n) is 4.77. The number of hydrogen-bond acceptors (Lipinski definition) is 5. The van der Waals surface area contributed by atoms with Crippen LogP contribution in [0.4, 0.5) is 0 Å². The Bertz CT molecular complexity index is 674. The van der Waals surface area contributed by atoms with Crippen molar-refractivity contribution in [2.24, 2.45) is 0 Å². The van der Waals surface area contributed by atoms with Gasteiger partial charge in [-0.1, -0.05) is 0 Å². The van der Waals surface area contributed by atoms with Crippen LogP contribution < -0.4 is 0 Å². The Balaban J connectivity index is 2.04. The quantitative estimate of drug-likeness (QED) is 0.792. The van der Waals surface area contributed by atoms with Crippen LogP contribution in [-0.4, -0.2) is 34.9 Å². The summed E-state index contributed by atoms with van der Waals surface area (Å²) < 4.78 is 11.4. The van der Waals surface area contributed by atoms with E-state index >= 15 is 0 Å². The highest BCUT2D eigenvalue weighted by Gasteiger charge is 2.11. The van der Waals surface area contributed by atoms with E-state index in [1.165, 1.54) is 0 Å². The van der Waals surface area contributed by atoms with Gasteiger partial charge in [-0.2, -0.15) is 5.10 Å². The van der Waals surface area contributed by atoms with Crippen molar-refractivity contribution >= 4 is 11.9 Å². The predicted molar refractivity (Wildman–Crippen MR) is 80.0 cm³/mol. The number of benzene rings is 1. The lowest BCUT2D eigenvalue weighted by Gasteiger charge is -2.07. The molecule has 2 rings (SSSR count). The maximum Gasteiger partial charge on any atom is 0.344 e. The van der Waals surface area contributed by atoms with Crippen LogP contribution in [0.1, 0.15) is 28.7 Å². The zero-order valence-corrected chi connectivity index (χ0v) is 12.8. The average Bonchev–Trinajstić information content (AvgIpc) is 2.84. The van der Waals surface area contributed by atoms with E-state index in [1.807, 2.05) is 19.9 Å². The normalized spacial score (nSPS) is 10.3. The third-order valence-corrected chi connectivity index (χ3v) is 2.98. The highest BCUT2D eigenvalue weighted by atomic mass is 16.6. The summed E-state index contributed by atoms with van der Waals surface area (Å²) in [6.07, 6.45) is 0. The van der Waals surface area contributed by atoms with Crippen LogP contribution in [-0.2, 0) is 14.3 Å². The molecule has 0 aliphatic carbocycles. The van der Waals surface area contributed by atoms with E-state index in [-0.39, 0.29) is 13.2 Å². The van der Waals surface area contributed by atoms with Crippen LogP contribution in [0.25, 0.3) is 5.69 Å². The molecule has 1 heterocycles. The summed E-state index contributed by atoms with van der Waals surface area (Å²) in [4.78, 5) is 23.0. The van der Waals surface area contributed by atoms with E-state index in [4.69, 9.17) is 9.47 Å². The van der Waals surface area contributed by atoms with Crippen molar-refractivity contribution < 1.29 is 19.1 Å². The Hall–Kier alpha value is -2.63. The number of aromatic nitrogens is 2. The maximum absolute atomic E-state index is 11.8. The molecule has 0 aliphatic heterocycles. The van der Waals surface area contributed by atoms with Crippen LogP contribution >= 0.6 is 0 Å². The van der Waals surface area contributed by atoms with Gasteiger partial charge in [-0.15, -0.1) is 0 Å². The average molecular weight is 302 g/mol. The van der Waals surface area contributed by atoms with Gasteiger partial charge in [0, 0.05) is 5.69 Å². The molecule has 6 nitrogen and oxygen atoms in total. The standard InChI is InChI=1S/C16H18N2O4/c1-4-21-15(19)10-22-16(20)13-5-7-14(8-6-13)18-12(3)9-11(2)17-18/h5-9H,4,10H2,1-3H3. The molecular formula is C16H18N2O4. The van der Waals surface area contributed by atoms with Crippen LogP contribution in [0.3, 0.4) is 0 Å². The Morgan fingerprint density at radius 2 is 1.82 bits per heavy atom. The van der Waals surface area contributed by atoms with Gasteiger partial charge in [-0.25, -0.2) is 14.3 Å². The van der Waals surface area contributed by atoms with E-state index in [0.717, 1.165) is 17.1 Å². The van der Waals surface area contributed by atoms with Crippen LogP contribution in [0.5, 0.6) is 0 Å². The number of aryl methyl sites for hydroxylation is 2. The van der Waals surface area contributed by atoms with Crippen molar-refractivity contribution in [3.8, 4) is 5.69 Å². The fourth-order valence-electron chi connectivity index (χ4n) is 2.04. The monoisotopic (exact) mass is 302 g/mol. The summed E-state index contributed by atoms with van der Waals surface area (Å²) >= 11 is 0. The number of hydrogen-bond donors (Lipinski definition) is 0. The first-order chi connectivity index (χ1) is 10.5. The first-order valence-electron chi connectivity index (χ1n) is 6.97. The van der Waals surface area contributed by atoms with E-state index in [1.54, 1.807) is 35.9 Å². The number of nitrogens with zero attached hydrogens (tertiary/aromatic N) is 2. The lowest BCUT2D eigenvalue weighted by Crippen LogP contribution is -2.16. The van der Waals surface area contributed by atoms with Gasteiger partial charge in [0.2, 0.25) is 0 Å². The molecule has 0 N–H and O–H groups in total. The van der Waals surface area contributed by atoms with Gasteiger partial charge >= 0.3 is 11.9 Å². The van der Waals surface area contributed by atoms with Gasteiger partial charge in [0.25, 0.3) is 0 Å². The lowest BCUT2D eigenvalue weighted by molar-refractivity contribution is -0.146. The van der Waals surface area contributed by atoms with E-state index in [0.29, 0.717) is 5.56 Å². The molecule has 0 amide bonds. The number of ether oxygens (including phenoxy) is 2. The van der Waals surface area contributed by atoms with Gasteiger partial charge in [-0.3, -0.25) is 0 Å². The second kappa shape index (κ2) is 6.89. The summed E-state index contributed by atoms with van der Waals surface area (Å²) in [6.45, 7) is 5.45. The van der Waals surface area contributed by atoms with E-state index < -0.39 is 11.9 Å². The molecule has 0 atom stereocenters. The fraction of sp³-hybridized carbons (Fsp3) is 0.312. The molecule has 1 aromatic carbocycles. The van der Waals surface area contributed by atoms with Crippen molar-refractivity contribution in [3.05, 3.63) is 47.3 Å². The molecule has 0 spiro atoms. The summed E-state index contributed by atoms with van der Waals surface area (Å²) in [5.41, 5.74) is 3.16. The van der Waals surface area contributed by atoms with Gasteiger partial charge in [-0.05, 0) is 51.1 Å². The SMILES string of the molecule is CCOC(=O)COC(=O)c1ccc(-n2nc(C)cc2C)cc1. The molecule has 0 saturated heterocycles. The Morgan fingerprint density at radius 3 is 2.36 bits per heavy atom. The van der Waals surface area contributed by atoms with Crippen LogP contribution in [0.15, 0.2) is 30.3 Å². The maximum atomic E-state index is 11.8. The summed E-state index contributed by atoms with van der Waals surface area (Å²) in [7, 11) is 0. The smallest absolute Gasteiger partial charge is 0.344 e. The first-order valence-corrected chi connectivity index (χ1v) is 6.97. The van der Waals surface area contributed by atoms with Crippen molar-refractivity contribution in [1.82, 2.24) is 9.78 Å². The third-order valence-electron chi connectivity index (χ3n) is 2.98. The minimum Gasteiger partial charge on any atom is -0.463 e. The Morgan fingerprint density at radius 1 is 1.14 bits per heavy atom. The molecule has 2 aromatic rings. The van der Waals surface area contributed by atoms with Crippen molar-refractivity contribution in [2.45, 2.75) is 20.8 Å². The Kier molecular flexibility index (Phi) is 4.93. The molecule has 0 radical (unpaired) electrons. The molecular weight excluding hydrogens is 284 g/mol. The van der Waals surface area contributed by atoms with E-state index in [9.17, 15) is 9.59 Å². The number of rotatable bonds is 5. The van der Waals surface area contributed by atoms with Crippen molar-refractivity contribution in [3.63, 3.8) is 0 Å². The molecule has 0 saturated carbocycles. The summed E-state index contributed by atoms with van der Waals surface area (Å²) in [5.74, 6) is -1.12. The third kappa shape index (κ3) is 3.72. The van der Waals surface area contributed by atoms with Gasteiger partial charge in [0.05, 0.1) is 23.6 Å². The first kappa shape index (κ1) is 15.8. The van der Waals surface area contributed by atoms with Gasteiger partial charge in [0.1, 0.15) is 0 Å². The van der Waals surface area contributed by atoms with Crippen molar-refractivity contribution in [1.29, 1.82) is 0 Å². The van der Waals surface area contributed by atoms with Gasteiger partial charge < -0.3 is 9.47 Å². The van der Waals surface area contributed by atoms with E-state index in [2.05, 4.69) is 5.10 Å². The number of carbonyl (C=O) groups is 2. The molecule has 6 heteroatoms. The zero-order valence-electron chi connectivity index (χ0n) is 12.8. The molecule has 0 fully saturated rings. The van der Waals surface area contributed by atoms with Gasteiger partial charge in [0.15, 0.2) is 6.61 Å². The van der Waals surface area contributed by atoms with Crippen LogP contribution in [0, 0.1) is 13.8 Å². The topological polar surface area (TPSA) is 70.4 Å². The molecule has 0 aliphatic rings. The summed E-state index contributed by atoms with van der Waals surface area (Å²) in [6, 6.07) is 8.81. The zero-order chi connectivity index (χ0) is 16.1. The highest BCUT2D eigenvalue weighted by molar-refractivity contribution is 5.90. The highest BCUT2D eigenvalue weighted by Crippen LogP contribution is 2.13. The molecule has 116 valence electrons. The number of esters is 2. The lowest BCUT2D eigenvalue weighted by atomic mass is 10.2. The second-order valence-corrected chi connectivity index (χ2v) is 4.77. The molecule has 0 bridgehead atoms. The van der Waals surface area contributed by atoms with Crippen LogP contribution in [0.2, 0.25) is 0 Å². The molecule has 22 heavy (non-hydrogen) atoms. The number of carbonyl (C=O) groups excluding carboxylic acids is 2. The van der Waals surface area contributed by atoms with Crippen molar-refractivity contribution in [2.75, 3.05) is 13.2 Å². The predicted octanol–water partition coefficient (Wildman–Crippen LogP) is 2.21. The summed E-state index contributed by atoms with van der Waals surface area (Å²) in [5, 5.41) is 4.37. The fourth-order valence-corrected chi connectivity index (χ4v) is 2.04. The minimum absolute atomic E-state index is 0.258. The largest absolute Gasteiger partial charge is 0.463 e. The molecule has 0 unspecified atom stereocenters. The Labute approximate surface area is 128 Å². The molecule has 1 aromatic heterocycles.